The van der Waals surface area contributed by atoms with Gasteiger partial charge in [-0.1, -0.05) is 0 Å². The molecule has 0 aliphatic rings. The molecule has 114 valence electrons. The van der Waals surface area contributed by atoms with Crippen molar-refractivity contribution in [2.24, 2.45) is 5.73 Å². The predicted octanol–water partition coefficient (Wildman–Crippen LogP) is 1.40. The molecule has 0 atom stereocenters. The lowest BCUT2D eigenvalue weighted by atomic mass is 10.1. The Bertz CT molecular complexity index is 672. The third kappa shape index (κ3) is 4.64. The Hall–Kier alpha value is -2.80. The molecule has 0 aromatic carbocycles. The minimum absolute atomic E-state index is 0.613. The highest BCUT2D eigenvalue weighted by atomic mass is 16.4. The van der Waals surface area contributed by atoms with Crippen molar-refractivity contribution in [2.45, 2.75) is 6.42 Å². The fourth-order valence-corrected chi connectivity index (χ4v) is 1.77. The van der Waals surface area contributed by atoms with E-state index in [-0.39, 0.29) is 0 Å². The molecule has 0 amide bonds. The summed E-state index contributed by atoms with van der Waals surface area (Å²) < 4.78 is 0. The van der Waals surface area contributed by atoms with Gasteiger partial charge in [-0.2, -0.15) is 0 Å². The van der Waals surface area contributed by atoms with Gasteiger partial charge in [0.2, 0.25) is 0 Å². The van der Waals surface area contributed by atoms with Crippen LogP contribution in [0.3, 0.4) is 0 Å². The average molecular weight is 299 g/mol. The van der Waals surface area contributed by atoms with Crippen molar-refractivity contribution >= 4 is 17.9 Å². The number of hydrogen-bond acceptors (Lipinski definition) is 6. The molecule has 7 nitrogen and oxygen atoms in total. The first-order valence-corrected chi connectivity index (χ1v) is 6.81. The number of anilines is 1. The lowest BCUT2D eigenvalue weighted by Gasteiger charge is -2.06. The Morgan fingerprint density at radius 3 is 2.86 bits per heavy atom. The van der Waals surface area contributed by atoms with E-state index in [0.717, 1.165) is 24.6 Å². The van der Waals surface area contributed by atoms with Gasteiger partial charge >= 0.3 is 5.97 Å². The van der Waals surface area contributed by atoms with E-state index < -0.39 is 5.97 Å². The number of carboxylic acid groups (broad SMARTS) is 1. The third-order valence-electron chi connectivity index (χ3n) is 2.80. The monoisotopic (exact) mass is 299 g/mol. The normalized spacial score (nSPS) is 10.8. The number of aliphatic carboxylic acids is 1. The number of nitrogens with one attached hydrogen (secondary N) is 1. The highest BCUT2D eigenvalue weighted by molar-refractivity contribution is 5.85. The molecule has 0 aliphatic heterocycles. The molecule has 0 fully saturated rings. The zero-order valence-corrected chi connectivity index (χ0v) is 11.9. The molecule has 22 heavy (non-hydrogen) atoms. The molecule has 0 spiro atoms. The number of nitrogens with zero attached hydrogens (tertiary/aromatic N) is 3. The van der Waals surface area contributed by atoms with Crippen LogP contribution in [-0.4, -0.2) is 39.1 Å². The van der Waals surface area contributed by atoms with Gasteiger partial charge in [0.05, 0.1) is 18.1 Å². The molecule has 7 heteroatoms. The molecule has 0 aliphatic carbocycles. The maximum atomic E-state index is 10.6. The van der Waals surface area contributed by atoms with Crippen LogP contribution in [-0.2, 0) is 4.79 Å². The van der Waals surface area contributed by atoms with Gasteiger partial charge < -0.3 is 16.2 Å². The molecule has 2 aromatic heterocycles. The first kappa shape index (κ1) is 15.6. The van der Waals surface area contributed by atoms with Crippen LogP contribution in [0, 0.1) is 0 Å². The Morgan fingerprint density at radius 2 is 2.09 bits per heavy atom. The van der Waals surface area contributed by atoms with Gasteiger partial charge in [0.1, 0.15) is 5.82 Å². The van der Waals surface area contributed by atoms with Crippen LogP contribution in [0.25, 0.3) is 17.3 Å². The summed E-state index contributed by atoms with van der Waals surface area (Å²) in [6, 6.07) is 1.81. The Kier molecular flexibility index (Phi) is 5.56. The number of rotatable bonds is 7. The lowest BCUT2D eigenvalue weighted by Crippen LogP contribution is -2.09. The van der Waals surface area contributed by atoms with Crippen molar-refractivity contribution in [1.29, 1.82) is 0 Å². The fourth-order valence-electron chi connectivity index (χ4n) is 1.77. The van der Waals surface area contributed by atoms with E-state index in [1.807, 2.05) is 0 Å². The summed E-state index contributed by atoms with van der Waals surface area (Å²) >= 11 is 0. The third-order valence-corrected chi connectivity index (χ3v) is 2.80. The second-order valence-electron chi connectivity index (χ2n) is 4.54. The minimum Gasteiger partial charge on any atom is -0.478 e. The quantitative estimate of drug-likeness (QED) is 0.523. The SMILES string of the molecule is NCCCNc1cncc(-c2cncc(/C=C/C(=O)O)c2)n1. The summed E-state index contributed by atoms with van der Waals surface area (Å²) in [5.74, 6) is -0.339. The van der Waals surface area contributed by atoms with E-state index in [1.165, 1.54) is 6.08 Å². The van der Waals surface area contributed by atoms with Crippen LogP contribution < -0.4 is 11.1 Å². The van der Waals surface area contributed by atoms with Crippen molar-refractivity contribution in [3.05, 3.63) is 42.5 Å². The topological polar surface area (TPSA) is 114 Å². The lowest BCUT2D eigenvalue weighted by molar-refractivity contribution is -0.131. The number of carbonyl (C=O) groups is 1. The molecule has 0 bridgehead atoms. The number of aromatic nitrogens is 3. The Morgan fingerprint density at radius 1 is 1.27 bits per heavy atom. The van der Waals surface area contributed by atoms with Crippen LogP contribution in [0.5, 0.6) is 0 Å². The average Bonchev–Trinajstić information content (AvgIpc) is 2.54. The Labute approximate surface area is 127 Å². The van der Waals surface area contributed by atoms with Crippen molar-refractivity contribution in [1.82, 2.24) is 15.0 Å². The van der Waals surface area contributed by atoms with E-state index in [1.54, 1.807) is 30.9 Å². The molecule has 2 rings (SSSR count). The molecular formula is C15H17N5O2. The van der Waals surface area contributed by atoms with Gasteiger partial charge in [-0.25, -0.2) is 9.78 Å². The van der Waals surface area contributed by atoms with Crippen LogP contribution in [0.15, 0.2) is 36.9 Å². The number of nitrogens with two attached hydrogens (primary N) is 1. The Balaban J connectivity index is 2.19. The summed E-state index contributed by atoms with van der Waals surface area (Å²) in [4.78, 5) is 23.2. The fraction of sp³-hybridized carbons (Fsp3) is 0.200. The minimum atomic E-state index is -1.00. The zero-order valence-electron chi connectivity index (χ0n) is 11.9. The molecule has 0 saturated heterocycles. The van der Waals surface area contributed by atoms with E-state index in [0.29, 0.717) is 23.6 Å². The maximum absolute atomic E-state index is 10.6. The number of carboxylic acids is 1. The highest BCUT2D eigenvalue weighted by Crippen LogP contribution is 2.18. The molecular weight excluding hydrogens is 282 g/mol. The smallest absolute Gasteiger partial charge is 0.328 e. The summed E-state index contributed by atoms with van der Waals surface area (Å²) in [6.07, 6.45) is 9.92. The largest absolute Gasteiger partial charge is 0.478 e. The van der Waals surface area contributed by atoms with Crippen molar-refractivity contribution in [2.75, 3.05) is 18.4 Å². The van der Waals surface area contributed by atoms with Crippen LogP contribution in [0.1, 0.15) is 12.0 Å². The van der Waals surface area contributed by atoms with E-state index >= 15 is 0 Å². The predicted molar refractivity (Wildman–Crippen MR) is 84.1 cm³/mol. The number of pyridine rings is 1. The standard InChI is InChI=1S/C15H17N5O2/c16-4-1-5-19-14-10-18-9-13(20-14)12-6-11(7-17-8-12)2-3-15(21)22/h2-3,6-10H,1,4-5,16H2,(H,19,20)(H,21,22)/b3-2+. The van der Waals surface area contributed by atoms with Gasteiger partial charge in [0.15, 0.2) is 0 Å². The molecule has 0 unspecified atom stereocenters. The molecule has 4 N–H and O–H groups in total. The molecule has 2 heterocycles. The first-order chi connectivity index (χ1) is 10.7. The number of hydrogen-bond donors (Lipinski definition) is 3. The zero-order chi connectivity index (χ0) is 15.8. The second kappa shape index (κ2) is 7.84. The maximum Gasteiger partial charge on any atom is 0.328 e. The van der Waals surface area contributed by atoms with Crippen LogP contribution in [0.2, 0.25) is 0 Å². The van der Waals surface area contributed by atoms with Crippen LogP contribution >= 0.6 is 0 Å². The van der Waals surface area contributed by atoms with Crippen molar-refractivity contribution in [3.63, 3.8) is 0 Å². The summed E-state index contributed by atoms with van der Waals surface area (Å²) in [5.41, 5.74) is 7.56. The summed E-state index contributed by atoms with van der Waals surface area (Å²) in [5, 5.41) is 11.8. The summed E-state index contributed by atoms with van der Waals surface area (Å²) in [6.45, 7) is 1.34. The van der Waals surface area contributed by atoms with Crippen LogP contribution in [0.4, 0.5) is 5.82 Å². The van der Waals surface area contributed by atoms with Crippen molar-refractivity contribution < 1.29 is 9.90 Å². The van der Waals surface area contributed by atoms with Gasteiger partial charge in [-0.05, 0) is 30.7 Å². The van der Waals surface area contributed by atoms with Gasteiger partial charge in [-0.3, -0.25) is 9.97 Å². The first-order valence-electron chi connectivity index (χ1n) is 6.81. The van der Waals surface area contributed by atoms with Crippen molar-refractivity contribution in [3.8, 4) is 11.3 Å². The van der Waals surface area contributed by atoms with E-state index in [4.69, 9.17) is 10.8 Å². The molecule has 0 radical (unpaired) electrons. The summed E-state index contributed by atoms with van der Waals surface area (Å²) in [7, 11) is 0. The molecule has 0 saturated carbocycles. The van der Waals surface area contributed by atoms with E-state index in [9.17, 15) is 4.79 Å². The molecule has 2 aromatic rings. The van der Waals surface area contributed by atoms with Gasteiger partial charge in [-0.15, -0.1) is 0 Å². The van der Waals surface area contributed by atoms with Gasteiger partial charge in [0.25, 0.3) is 0 Å². The highest BCUT2D eigenvalue weighted by Gasteiger charge is 2.03. The van der Waals surface area contributed by atoms with E-state index in [2.05, 4.69) is 20.3 Å². The van der Waals surface area contributed by atoms with Gasteiger partial charge in [0, 0.05) is 30.6 Å². The second-order valence-corrected chi connectivity index (χ2v) is 4.54.